The first-order chi connectivity index (χ1) is 9.47. The van der Waals surface area contributed by atoms with Crippen LogP contribution in [0.2, 0.25) is 0 Å². The average molecular weight is 276 g/mol. The molecule has 0 spiro atoms. The van der Waals surface area contributed by atoms with Crippen LogP contribution in [-0.2, 0) is 11.8 Å². The number of nitrogens with zero attached hydrogens (tertiary/aromatic N) is 4. The predicted octanol–water partition coefficient (Wildman–Crippen LogP) is 0.925. The first kappa shape index (κ1) is 13.5. The van der Waals surface area contributed by atoms with E-state index in [4.69, 9.17) is 5.11 Å². The van der Waals surface area contributed by atoms with Crippen LogP contribution in [0.3, 0.4) is 0 Å². The zero-order chi connectivity index (χ0) is 14.7. The Morgan fingerprint density at radius 2 is 2.05 bits per heavy atom. The fourth-order valence-electron chi connectivity index (χ4n) is 1.58. The fourth-order valence-corrected chi connectivity index (χ4v) is 1.58. The number of amides is 2. The van der Waals surface area contributed by atoms with Crippen molar-refractivity contribution in [1.29, 1.82) is 0 Å². The summed E-state index contributed by atoms with van der Waals surface area (Å²) in [6.07, 6.45) is 0.238. The molecule has 0 fully saturated rings. The van der Waals surface area contributed by atoms with Crippen molar-refractivity contribution in [3.8, 4) is 11.4 Å². The van der Waals surface area contributed by atoms with E-state index in [1.807, 2.05) is 0 Å². The van der Waals surface area contributed by atoms with Gasteiger partial charge in [-0.05, 0) is 12.1 Å². The largest absolute Gasteiger partial charge is 0.465 e. The van der Waals surface area contributed by atoms with Crippen molar-refractivity contribution in [1.82, 2.24) is 20.0 Å². The van der Waals surface area contributed by atoms with Crippen LogP contribution in [0.1, 0.15) is 6.92 Å². The van der Waals surface area contributed by atoms with Crippen molar-refractivity contribution >= 4 is 23.5 Å². The SMILES string of the molecule is CC(=O)Nc1ccc(-c2nnn(C)c2NC(=O)O)nc1. The van der Waals surface area contributed by atoms with Crippen LogP contribution in [0, 0.1) is 0 Å². The number of pyridine rings is 1. The predicted molar refractivity (Wildman–Crippen MR) is 70.2 cm³/mol. The van der Waals surface area contributed by atoms with Gasteiger partial charge in [-0.3, -0.25) is 15.1 Å². The van der Waals surface area contributed by atoms with Gasteiger partial charge < -0.3 is 10.4 Å². The van der Waals surface area contributed by atoms with Gasteiger partial charge in [-0.2, -0.15) is 0 Å². The zero-order valence-electron chi connectivity index (χ0n) is 10.8. The van der Waals surface area contributed by atoms with Gasteiger partial charge in [-0.25, -0.2) is 9.48 Å². The standard InChI is InChI=1S/C11H12N6O3/c1-6(18)13-7-3-4-8(12-5-7)9-10(14-11(19)20)17(2)16-15-9/h3-5,14H,1-2H3,(H,13,18)(H,19,20). The summed E-state index contributed by atoms with van der Waals surface area (Å²) in [7, 11) is 1.56. The summed E-state index contributed by atoms with van der Waals surface area (Å²) in [5.41, 5.74) is 1.29. The van der Waals surface area contributed by atoms with E-state index in [1.165, 1.54) is 17.8 Å². The highest BCUT2D eigenvalue weighted by molar-refractivity contribution is 5.89. The van der Waals surface area contributed by atoms with E-state index >= 15 is 0 Å². The molecule has 3 N–H and O–H groups in total. The topological polar surface area (TPSA) is 122 Å². The van der Waals surface area contributed by atoms with Crippen molar-refractivity contribution in [2.45, 2.75) is 6.92 Å². The summed E-state index contributed by atoms with van der Waals surface area (Å²) in [6.45, 7) is 1.39. The molecule has 2 aromatic heterocycles. The van der Waals surface area contributed by atoms with E-state index in [-0.39, 0.29) is 11.7 Å². The first-order valence-electron chi connectivity index (χ1n) is 5.61. The van der Waals surface area contributed by atoms with Gasteiger partial charge in [0.15, 0.2) is 11.5 Å². The number of aromatic nitrogens is 4. The lowest BCUT2D eigenvalue weighted by Crippen LogP contribution is -2.12. The van der Waals surface area contributed by atoms with Gasteiger partial charge in [0, 0.05) is 14.0 Å². The van der Waals surface area contributed by atoms with Gasteiger partial charge in [0.2, 0.25) is 5.91 Å². The summed E-state index contributed by atoms with van der Waals surface area (Å²) in [5, 5.41) is 21.2. The van der Waals surface area contributed by atoms with Crippen molar-refractivity contribution in [3.05, 3.63) is 18.3 Å². The molecule has 20 heavy (non-hydrogen) atoms. The van der Waals surface area contributed by atoms with E-state index in [1.54, 1.807) is 19.2 Å². The van der Waals surface area contributed by atoms with Gasteiger partial charge in [-0.1, -0.05) is 5.21 Å². The molecule has 0 aliphatic carbocycles. The maximum Gasteiger partial charge on any atom is 0.410 e. The minimum absolute atomic E-state index is 0.202. The Hall–Kier alpha value is -2.97. The molecular formula is C11H12N6O3. The fraction of sp³-hybridized carbons (Fsp3) is 0.182. The van der Waals surface area contributed by atoms with Crippen LogP contribution in [-0.4, -0.2) is 37.1 Å². The van der Waals surface area contributed by atoms with Gasteiger partial charge in [0.25, 0.3) is 0 Å². The summed E-state index contributed by atoms with van der Waals surface area (Å²) in [6, 6.07) is 3.26. The van der Waals surface area contributed by atoms with E-state index in [0.29, 0.717) is 17.1 Å². The highest BCUT2D eigenvalue weighted by atomic mass is 16.4. The number of carboxylic acid groups (broad SMARTS) is 1. The molecule has 0 bridgehead atoms. The molecular weight excluding hydrogens is 264 g/mol. The summed E-state index contributed by atoms with van der Waals surface area (Å²) < 4.78 is 1.30. The van der Waals surface area contributed by atoms with Crippen LogP contribution in [0.5, 0.6) is 0 Å². The average Bonchev–Trinajstić information content (AvgIpc) is 2.71. The molecule has 0 saturated heterocycles. The Labute approximate surface area is 113 Å². The van der Waals surface area contributed by atoms with Crippen LogP contribution in [0.25, 0.3) is 11.4 Å². The molecule has 0 unspecified atom stereocenters. The summed E-state index contributed by atoms with van der Waals surface area (Å²) in [5.74, 6) is 0.0181. The highest BCUT2D eigenvalue weighted by Gasteiger charge is 2.15. The van der Waals surface area contributed by atoms with Crippen LogP contribution in [0.15, 0.2) is 18.3 Å². The van der Waals surface area contributed by atoms with Crippen molar-refractivity contribution in [2.24, 2.45) is 7.05 Å². The molecule has 2 amide bonds. The number of anilines is 2. The third kappa shape index (κ3) is 2.88. The quantitative estimate of drug-likeness (QED) is 0.766. The Balaban J connectivity index is 2.32. The number of carbonyl (C=O) groups is 2. The maximum absolute atomic E-state index is 10.9. The number of carbonyl (C=O) groups excluding carboxylic acids is 1. The second-order valence-electron chi connectivity index (χ2n) is 3.95. The van der Waals surface area contributed by atoms with E-state index in [2.05, 4.69) is 25.9 Å². The van der Waals surface area contributed by atoms with E-state index < -0.39 is 6.09 Å². The Kier molecular flexibility index (Phi) is 3.60. The first-order valence-corrected chi connectivity index (χ1v) is 5.61. The monoisotopic (exact) mass is 276 g/mol. The molecule has 0 aliphatic heterocycles. The van der Waals surface area contributed by atoms with Crippen LogP contribution < -0.4 is 10.6 Å². The lowest BCUT2D eigenvalue weighted by atomic mass is 10.2. The highest BCUT2D eigenvalue weighted by Crippen LogP contribution is 2.23. The zero-order valence-corrected chi connectivity index (χ0v) is 10.8. The lowest BCUT2D eigenvalue weighted by molar-refractivity contribution is -0.114. The molecule has 2 aromatic rings. The van der Waals surface area contributed by atoms with E-state index in [0.717, 1.165) is 0 Å². The molecule has 9 heteroatoms. The third-order valence-corrected chi connectivity index (χ3v) is 2.38. The molecule has 2 heterocycles. The molecule has 2 rings (SSSR count). The second-order valence-corrected chi connectivity index (χ2v) is 3.95. The van der Waals surface area contributed by atoms with Crippen LogP contribution >= 0.6 is 0 Å². The molecule has 0 radical (unpaired) electrons. The van der Waals surface area contributed by atoms with Gasteiger partial charge in [0.05, 0.1) is 17.6 Å². The minimum Gasteiger partial charge on any atom is -0.465 e. The van der Waals surface area contributed by atoms with E-state index in [9.17, 15) is 9.59 Å². The smallest absolute Gasteiger partial charge is 0.410 e. The number of aryl methyl sites for hydroxylation is 1. The molecule has 0 aromatic carbocycles. The van der Waals surface area contributed by atoms with Crippen LogP contribution in [0.4, 0.5) is 16.3 Å². The Morgan fingerprint density at radius 3 is 2.60 bits per heavy atom. The number of nitrogens with one attached hydrogen (secondary N) is 2. The third-order valence-electron chi connectivity index (χ3n) is 2.38. The lowest BCUT2D eigenvalue weighted by Gasteiger charge is -2.04. The van der Waals surface area contributed by atoms with Gasteiger partial charge >= 0.3 is 6.09 Å². The second kappa shape index (κ2) is 5.34. The summed E-state index contributed by atoms with van der Waals surface area (Å²) >= 11 is 0. The van der Waals surface area contributed by atoms with Crippen molar-refractivity contribution < 1.29 is 14.7 Å². The molecule has 0 aliphatic rings. The van der Waals surface area contributed by atoms with Crippen molar-refractivity contribution in [3.63, 3.8) is 0 Å². The minimum atomic E-state index is -1.22. The summed E-state index contributed by atoms with van der Waals surface area (Å²) in [4.78, 5) is 25.8. The molecule has 0 saturated carbocycles. The number of hydrogen-bond donors (Lipinski definition) is 3. The molecule has 104 valence electrons. The Morgan fingerprint density at radius 1 is 1.30 bits per heavy atom. The van der Waals surface area contributed by atoms with Crippen molar-refractivity contribution in [2.75, 3.05) is 10.6 Å². The molecule has 0 atom stereocenters. The maximum atomic E-state index is 10.9. The van der Waals surface area contributed by atoms with Gasteiger partial charge in [0.1, 0.15) is 0 Å². The Bertz CT molecular complexity index is 649. The number of rotatable bonds is 3. The molecule has 9 nitrogen and oxygen atoms in total. The normalized spacial score (nSPS) is 10.1. The number of hydrogen-bond acceptors (Lipinski definition) is 5. The van der Waals surface area contributed by atoms with Gasteiger partial charge in [-0.15, -0.1) is 5.10 Å².